The van der Waals surface area contributed by atoms with E-state index in [0.717, 1.165) is 18.9 Å². The standard InChI is InChI=1S/C15H19BN2O4.2C9H7BrN2O2.C8H4BrNO3/c1-14(2)15(3,4)22-16(21-14)9-5-6-11-10(7-9)13(20)17-8-12(19)18-11;2*10-5-1-2-7-6(3-5)9(14)11-4-8(13)12-7;9-4-1-2-6-5(3-4)7(11)13-8(12)10-6/h5-7H,8H2,1-4H3,(H,17,20)(H,18,19);2*1-3H,4H2,(H,11,14)(H,12,13);1-3H,(H,10,12). The number of halogens is 3. The van der Waals surface area contributed by atoms with Gasteiger partial charge in [-0.25, -0.2) is 9.59 Å². The zero-order valence-corrected chi connectivity index (χ0v) is 38.5. The van der Waals surface area contributed by atoms with E-state index < -0.39 is 29.7 Å². The van der Waals surface area contributed by atoms with Crippen LogP contribution in [0.25, 0.3) is 10.9 Å². The number of hydrogen-bond donors (Lipinski definition) is 7. The van der Waals surface area contributed by atoms with E-state index >= 15 is 0 Å². The van der Waals surface area contributed by atoms with E-state index in [2.05, 4.69) is 89.1 Å². The third-order valence-corrected chi connectivity index (χ3v) is 11.4. The molecule has 0 spiro atoms. The van der Waals surface area contributed by atoms with Crippen LogP contribution in [0.2, 0.25) is 0 Å². The van der Waals surface area contributed by atoms with Gasteiger partial charge in [0.1, 0.15) is 0 Å². The van der Waals surface area contributed by atoms with E-state index in [4.69, 9.17) is 9.31 Å². The van der Waals surface area contributed by atoms with Crippen LogP contribution >= 0.6 is 47.8 Å². The first-order valence-electron chi connectivity index (χ1n) is 18.8. The van der Waals surface area contributed by atoms with E-state index in [-0.39, 0.29) is 55.1 Å². The lowest BCUT2D eigenvalue weighted by atomic mass is 9.78. The maximum atomic E-state index is 12.1. The summed E-state index contributed by atoms with van der Waals surface area (Å²) >= 11 is 9.74. The lowest BCUT2D eigenvalue weighted by Gasteiger charge is -2.32. The molecule has 1 aromatic heterocycles. The Bertz CT molecular complexity index is 2720. The summed E-state index contributed by atoms with van der Waals surface area (Å²) in [6.07, 6.45) is 0. The summed E-state index contributed by atoms with van der Waals surface area (Å²) in [5, 5.41) is 15.9. The SMILES string of the molecule is CC1(C)OB(c2ccc3c(c2)C(=O)NCC(=O)N3)OC1(C)C.O=C1CNC(=O)c2cc(Br)ccc2N1.O=C1CNC(=O)c2cc(Br)ccc2N1.O=c1[nH]c2ccc(Br)cc2c(=O)o1. The summed E-state index contributed by atoms with van der Waals surface area (Å²) in [5.74, 6) is -2.15. The topological polar surface area (TPSA) is 256 Å². The minimum atomic E-state index is -0.736. The summed E-state index contributed by atoms with van der Waals surface area (Å²) in [6.45, 7) is 7.91. The highest BCUT2D eigenvalue weighted by molar-refractivity contribution is 9.11. The second kappa shape index (κ2) is 19.2. The second-order valence-corrected chi connectivity index (χ2v) is 17.7. The molecule has 63 heavy (non-hydrogen) atoms. The number of aromatic nitrogens is 1. The van der Waals surface area contributed by atoms with Crippen LogP contribution in [0.1, 0.15) is 58.8 Å². The van der Waals surface area contributed by atoms with Crippen molar-refractivity contribution in [2.75, 3.05) is 35.6 Å². The number of carbonyl (C=O) groups is 6. The van der Waals surface area contributed by atoms with Crippen LogP contribution in [0, 0.1) is 0 Å². The average molecular weight is 1050 g/mol. The van der Waals surface area contributed by atoms with Crippen LogP contribution in [0.4, 0.5) is 17.1 Å². The van der Waals surface area contributed by atoms with Crippen molar-refractivity contribution in [1.29, 1.82) is 0 Å². The number of carbonyl (C=O) groups excluding carboxylic acids is 6. The fourth-order valence-corrected chi connectivity index (χ4v) is 7.11. The first-order chi connectivity index (χ1) is 29.7. The molecule has 0 aliphatic carbocycles. The van der Waals surface area contributed by atoms with Gasteiger partial charge in [0.25, 0.3) is 17.7 Å². The molecule has 4 aromatic carbocycles. The molecule has 4 aliphatic heterocycles. The molecular weight excluding hydrogens is 1020 g/mol. The van der Waals surface area contributed by atoms with Gasteiger partial charge in [0, 0.05) is 13.4 Å². The molecule has 326 valence electrons. The van der Waals surface area contributed by atoms with Crippen LogP contribution < -0.4 is 48.7 Å². The number of rotatable bonds is 1. The van der Waals surface area contributed by atoms with Gasteiger partial charge in [0.15, 0.2) is 0 Å². The van der Waals surface area contributed by atoms with Gasteiger partial charge in [-0.15, -0.1) is 0 Å². The molecule has 9 rings (SSSR count). The third-order valence-electron chi connectivity index (χ3n) is 9.94. The molecular formula is C41H37BBr3N7O11. The molecule has 5 heterocycles. The van der Waals surface area contributed by atoms with Crippen molar-refractivity contribution in [1.82, 2.24) is 20.9 Å². The number of nitrogens with one attached hydrogen (secondary N) is 7. The molecule has 0 unspecified atom stereocenters. The van der Waals surface area contributed by atoms with E-state index in [1.165, 1.54) is 0 Å². The van der Waals surface area contributed by atoms with Crippen LogP contribution in [0.15, 0.2) is 100 Å². The van der Waals surface area contributed by atoms with Crippen LogP contribution in [0.3, 0.4) is 0 Å². The van der Waals surface area contributed by atoms with Gasteiger partial charge >= 0.3 is 18.5 Å². The predicted molar refractivity (Wildman–Crippen MR) is 244 cm³/mol. The highest BCUT2D eigenvalue weighted by Gasteiger charge is 2.51. The molecule has 4 aliphatic rings. The fourth-order valence-electron chi connectivity index (χ4n) is 6.03. The van der Waals surface area contributed by atoms with Crippen LogP contribution in [-0.4, -0.2) is 78.4 Å². The highest BCUT2D eigenvalue weighted by Crippen LogP contribution is 2.36. The highest BCUT2D eigenvalue weighted by atomic mass is 79.9. The molecule has 0 saturated carbocycles. The Kier molecular flexibility index (Phi) is 14.2. The summed E-state index contributed by atoms with van der Waals surface area (Å²) in [5.41, 5.74) is 2.69. The molecule has 18 nitrogen and oxygen atoms in total. The number of amides is 6. The number of anilines is 3. The van der Waals surface area contributed by atoms with Gasteiger partial charge in [-0.1, -0.05) is 53.9 Å². The molecule has 22 heteroatoms. The Morgan fingerprint density at radius 1 is 0.524 bits per heavy atom. The van der Waals surface area contributed by atoms with Gasteiger partial charge in [0.05, 0.1) is 75.5 Å². The number of fused-ring (bicyclic) bond motifs is 4. The molecule has 5 aromatic rings. The maximum Gasteiger partial charge on any atom is 0.494 e. The number of H-pyrrole nitrogens is 1. The third kappa shape index (κ3) is 11.4. The van der Waals surface area contributed by atoms with Gasteiger partial charge in [-0.3, -0.25) is 33.8 Å². The Labute approximate surface area is 383 Å². The quantitative estimate of drug-likeness (QED) is 0.117. The fraction of sp³-hybridized carbons (Fsp3) is 0.220. The van der Waals surface area contributed by atoms with Crippen molar-refractivity contribution in [2.24, 2.45) is 0 Å². The first-order valence-corrected chi connectivity index (χ1v) is 21.2. The van der Waals surface area contributed by atoms with E-state index in [1.54, 1.807) is 72.8 Å². The molecule has 1 fully saturated rings. The van der Waals surface area contributed by atoms with Crippen molar-refractivity contribution >= 4 is 124 Å². The van der Waals surface area contributed by atoms with Gasteiger partial charge in [-0.05, 0) is 99.9 Å². The van der Waals surface area contributed by atoms with Crippen molar-refractivity contribution in [3.05, 3.63) is 124 Å². The van der Waals surface area contributed by atoms with Crippen molar-refractivity contribution < 1.29 is 42.5 Å². The second-order valence-electron chi connectivity index (χ2n) is 15.0. The molecule has 0 bridgehead atoms. The van der Waals surface area contributed by atoms with Gasteiger partial charge < -0.3 is 45.6 Å². The number of benzene rings is 4. The smallest absolute Gasteiger partial charge is 0.399 e. The zero-order chi connectivity index (χ0) is 45.8. The summed E-state index contributed by atoms with van der Waals surface area (Å²) < 4.78 is 18.7. The minimum Gasteiger partial charge on any atom is -0.399 e. The lowest BCUT2D eigenvalue weighted by molar-refractivity contribution is -0.116. The normalized spacial score (nSPS) is 16.8. The predicted octanol–water partition coefficient (Wildman–Crippen LogP) is 4.17. The summed E-state index contributed by atoms with van der Waals surface area (Å²) in [4.78, 5) is 93.2. The summed E-state index contributed by atoms with van der Waals surface area (Å²) in [7, 11) is -0.540. The average Bonchev–Trinajstić information content (AvgIpc) is 3.37. The molecule has 6 amide bonds. The Morgan fingerprint density at radius 3 is 1.38 bits per heavy atom. The summed E-state index contributed by atoms with van der Waals surface area (Å²) in [6, 6.07) is 20.5. The number of aromatic amines is 1. The lowest BCUT2D eigenvalue weighted by Crippen LogP contribution is -2.41. The van der Waals surface area contributed by atoms with Crippen molar-refractivity contribution in [2.45, 2.75) is 38.9 Å². The largest absolute Gasteiger partial charge is 0.494 e. The monoisotopic (exact) mass is 1050 g/mol. The maximum absolute atomic E-state index is 12.1. The van der Waals surface area contributed by atoms with E-state index in [0.29, 0.717) is 44.7 Å². The van der Waals surface area contributed by atoms with Gasteiger partial charge in [0.2, 0.25) is 17.7 Å². The first kappa shape index (κ1) is 46.6. The molecule has 0 atom stereocenters. The molecule has 7 N–H and O–H groups in total. The van der Waals surface area contributed by atoms with Crippen LogP contribution in [0.5, 0.6) is 0 Å². The zero-order valence-electron chi connectivity index (χ0n) is 33.8. The molecule has 1 saturated heterocycles. The van der Waals surface area contributed by atoms with E-state index in [1.807, 2.05) is 27.7 Å². The van der Waals surface area contributed by atoms with Gasteiger partial charge in [-0.2, -0.15) is 0 Å². The van der Waals surface area contributed by atoms with Crippen LogP contribution in [-0.2, 0) is 23.7 Å². The Balaban J connectivity index is 0.000000144. The van der Waals surface area contributed by atoms with E-state index in [9.17, 15) is 38.4 Å². The Morgan fingerprint density at radius 2 is 0.921 bits per heavy atom. The minimum absolute atomic E-state index is 0.0190. The Hall–Kier alpha value is -5.94. The van der Waals surface area contributed by atoms with Crippen molar-refractivity contribution in [3.63, 3.8) is 0 Å². The molecule has 0 radical (unpaired) electrons. The van der Waals surface area contributed by atoms with Crippen molar-refractivity contribution in [3.8, 4) is 0 Å². The number of hydrogen-bond acceptors (Lipinski definition) is 11.